The number of carbonyl (C=O) groups excluding carboxylic acids is 1. The van der Waals surface area contributed by atoms with Gasteiger partial charge in [0.1, 0.15) is 12.4 Å². The zero-order valence-corrected chi connectivity index (χ0v) is 18.2. The second-order valence-corrected chi connectivity index (χ2v) is 8.16. The first kappa shape index (κ1) is 21.7. The number of halogens is 1. The molecule has 6 heteroatoms. The second-order valence-electron chi connectivity index (χ2n) is 8.16. The topological polar surface area (TPSA) is 58.8 Å². The van der Waals surface area contributed by atoms with Crippen LogP contribution in [0.1, 0.15) is 29.9 Å². The van der Waals surface area contributed by atoms with Gasteiger partial charge >= 0.3 is 6.09 Å². The van der Waals surface area contributed by atoms with Crippen LogP contribution in [0.25, 0.3) is 0 Å². The van der Waals surface area contributed by atoms with Crippen LogP contribution >= 0.6 is 0 Å². The summed E-state index contributed by atoms with van der Waals surface area (Å²) in [6.45, 7) is 1.83. The zero-order chi connectivity index (χ0) is 22.5. The Bertz CT molecular complexity index is 1050. The van der Waals surface area contributed by atoms with Crippen molar-refractivity contribution in [2.24, 2.45) is 0 Å². The molecule has 5 nitrogen and oxygen atoms in total. The van der Waals surface area contributed by atoms with Crippen LogP contribution in [0, 0.1) is 5.82 Å². The van der Waals surface area contributed by atoms with E-state index in [1.54, 1.807) is 19.2 Å². The van der Waals surface area contributed by atoms with Gasteiger partial charge in [-0.25, -0.2) is 9.18 Å². The fourth-order valence-electron chi connectivity index (χ4n) is 4.12. The summed E-state index contributed by atoms with van der Waals surface area (Å²) < 4.78 is 19.6. The number of ether oxygens (including phenoxy) is 1. The first-order chi connectivity index (χ1) is 15.5. The third-order valence-electron chi connectivity index (χ3n) is 6.04. The van der Waals surface area contributed by atoms with Gasteiger partial charge in [-0.15, -0.1) is 0 Å². The number of nitrogens with zero attached hydrogens (tertiary/aromatic N) is 2. The largest absolute Gasteiger partial charge is 0.444 e. The maximum atomic E-state index is 14.2. The molecule has 0 bridgehead atoms. The van der Waals surface area contributed by atoms with E-state index in [0.29, 0.717) is 17.3 Å². The van der Waals surface area contributed by atoms with Crippen LogP contribution in [0.4, 0.5) is 26.2 Å². The van der Waals surface area contributed by atoms with Crippen LogP contribution in [0.15, 0.2) is 72.8 Å². The van der Waals surface area contributed by atoms with Gasteiger partial charge in [0.05, 0.1) is 5.69 Å². The molecule has 0 aliphatic carbocycles. The van der Waals surface area contributed by atoms with Crippen molar-refractivity contribution < 1.29 is 13.9 Å². The lowest BCUT2D eigenvalue weighted by atomic mass is 9.89. The van der Waals surface area contributed by atoms with Gasteiger partial charge in [0.15, 0.2) is 0 Å². The Morgan fingerprint density at radius 3 is 2.41 bits per heavy atom. The van der Waals surface area contributed by atoms with E-state index in [9.17, 15) is 9.18 Å². The van der Waals surface area contributed by atoms with Crippen molar-refractivity contribution in [2.45, 2.75) is 25.4 Å². The monoisotopic (exact) mass is 433 g/mol. The van der Waals surface area contributed by atoms with Crippen molar-refractivity contribution in [3.8, 4) is 0 Å². The van der Waals surface area contributed by atoms with E-state index < -0.39 is 0 Å². The molecule has 2 N–H and O–H groups in total. The van der Waals surface area contributed by atoms with Crippen molar-refractivity contribution in [1.82, 2.24) is 0 Å². The van der Waals surface area contributed by atoms with Gasteiger partial charge in [0.2, 0.25) is 0 Å². The third kappa shape index (κ3) is 5.02. The summed E-state index contributed by atoms with van der Waals surface area (Å²) >= 11 is 0. The fourth-order valence-corrected chi connectivity index (χ4v) is 4.12. The number of hydrogen-bond donors (Lipinski definition) is 1. The summed E-state index contributed by atoms with van der Waals surface area (Å²) in [5, 5.41) is 0. The minimum absolute atomic E-state index is 0.245. The number of rotatable bonds is 5. The number of amides is 1. The molecule has 0 spiro atoms. The molecule has 1 heterocycles. The maximum Gasteiger partial charge on any atom is 0.414 e. The summed E-state index contributed by atoms with van der Waals surface area (Å²) in [7, 11) is 1.71. The molecule has 0 saturated carbocycles. The molecule has 1 fully saturated rings. The van der Waals surface area contributed by atoms with Gasteiger partial charge in [0.25, 0.3) is 0 Å². The van der Waals surface area contributed by atoms with E-state index in [0.717, 1.165) is 37.2 Å². The molecule has 4 rings (SSSR count). The molecule has 0 aromatic heterocycles. The summed E-state index contributed by atoms with van der Waals surface area (Å²) in [6, 6.07) is 22.5. The summed E-state index contributed by atoms with van der Waals surface area (Å²) in [5.41, 5.74) is 9.69. The van der Waals surface area contributed by atoms with Gasteiger partial charge in [0, 0.05) is 31.5 Å². The first-order valence-corrected chi connectivity index (χ1v) is 10.9. The molecular formula is C26H28FN3O2. The lowest BCUT2D eigenvalue weighted by Crippen LogP contribution is -2.33. The number of piperidine rings is 1. The van der Waals surface area contributed by atoms with Crippen LogP contribution in [0.2, 0.25) is 0 Å². The lowest BCUT2D eigenvalue weighted by Gasteiger charge is -2.34. The second kappa shape index (κ2) is 9.73. The third-order valence-corrected chi connectivity index (χ3v) is 6.04. The van der Waals surface area contributed by atoms with Crippen molar-refractivity contribution in [1.29, 1.82) is 0 Å². The minimum Gasteiger partial charge on any atom is -0.444 e. The lowest BCUT2D eigenvalue weighted by molar-refractivity contribution is 0.148. The van der Waals surface area contributed by atoms with E-state index in [4.69, 9.17) is 10.5 Å². The van der Waals surface area contributed by atoms with E-state index in [1.807, 2.05) is 42.5 Å². The molecule has 0 unspecified atom stereocenters. The number of hydrogen-bond acceptors (Lipinski definition) is 4. The highest BCUT2D eigenvalue weighted by Crippen LogP contribution is 2.32. The van der Waals surface area contributed by atoms with E-state index in [2.05, 4.69) is 17.0 Å². The average molecular weight is 434 g/mol. The number of carbonyl (C=O) groups is 1. The highest BCUT2D eigenvalue weighted by molar-refractivity contribution is 5.86. The van der Waals surface area contributed by atoms with Gasteiger partial charge in [-0.1, -0.05) is 42.5 Å². The summed E-state index contributed by atoms with van der Waals surface area (Å²) in [5.74, 6) is 0.141. The predicted molar refractivity (Wildman–Crippen MR) is 126 cm³/mol. The van der Waals surface area contributed by atoms with Gasteiger partial charge < -0.3 is 15.4 Å². The van der Waals surface area contributed by atoms with Gasteiger partial charge in [-0.2, -0.15) is 0 Å². The van der Waals surface area contributed by atoms with Crippen molar-refractivity contribution >= 4 is 23.2 Å². The Hall–Kier alpha value is -3.54. The van der Waals surface area contributed by atoms with Crippen molar-refractivity contribution in [2.75, 3.05) is 35.7 Å². The normalized spacial score (nSPS) is 14.2. The van der Waals surface area contributed by atoms with Crippen LogP contribution in [0.3, 0.4) is 0 Å². The van der Waals surface area contributed by atoms with Gasteiger partial charge in [-0.3, -0.25) is 4.90 Å². The number of anilines is 3. The maximum absolute atomic E-state index is 14.2. The molecule has 1 aliphatic rings. The molecule has 3 aromatic carbocycles. The van der Waals surface area contributed by atoms with Gasteiger partial charge in [-0.05, 0) is 60.2 Å². The number of benzene rings is 3. The Labute approximate surface area is 188 Å². The highest BCUT2D eigenvalue weighted by Gasteiger charge is 2.23. The number of nitrogens with two attached hydrogens (primary N) is 1. The van der Waals surface area contributed by atoms with E-state index >= 15 is 0 Å². The zero-order valence-electron chi connectivity index (χ0n) is 18.2. The molecule has 1 aliphatic heterocycles. The fraction of sp³-hybridized carbons (Fsp3) is 0.269. The summed E-state index contributed by atoms with van der Waals surface area (Å²) in [4.78, 5) is 16.0. The Kier molecular flexibility index (Phi) is 6.59. The Balaban J connectivity index is 1.32. The summed E-state index contributed by atoms with van der Waals surface area (Å²) in [6.07, 6.45) is 1.50. The SMILES string of the molecule is CN(C(=O)OCc1ccccc1)c1ccc(C2CCN(c3ccc(N)cc3F)CC2)cc1. The molecular weight excluding hydrogens is 405 g/mol. The van der Waals surface area contributed by atoms with Crippen LogP contribution < -0.4 is 15.5 Å². The minimum atomic E-state index is -0.388. The van der Waals surface area contributed by atoms with Crippen LogP contribution in [-0.2, 0) is 11.3 Å². The molecule has 1 saturated heterocycles. The van der Waals surface area contributed by atoms with E-state index in [1.165, 1.54) is 16.5 Å². The molecule has 0 radical (unpaired) electrons. The quantitative estimate of drug-likeness (QED) is 0.535. The van der Waals surface area contributed by atoms with E-state index in [-0.39, 0.29) is 18.5 Å². The number of nitrogen functional groups attached to an aromatic ring is 1. The highest BCUT2D eigenvalue weighted by atomic mass is 19.1. The van der Waals surface area contributed by atoms with Crippen molar-refractivity contribution in [3.63, 3.8) is 0 Å². The first-order valence-electron chi connectivity index (χ1n) is 10.9. The molecule has 1 amide bonds. The van der Waals surface area contributed by atoms with Crippen LogP contribution in [0.5, 0.6) is 0 Å². The predicted octanol–water partition coefficient (Wildman–Crippen LogP) is 5.56. The molecule has 32 heavy (non-hydrogen) atoms. The van der Waals surface area contributed by atoms with Crippen LogP contribution in [-0.4, -0.2) is 26.2 Å². The standard InChI is InChI=1S/C26H28FN3O2/c1-29(26(31)32-18-19-5-3-2-4-6-19)23-10-7-20(8-11-23)21-13-15-30(16-14-21)25-12-9-22(28)17-24(25)27/h2-12,17,21H,13-16,18,28H2,1H3. The molecule has 166 valence electrons. The smallest absolute Gasteiger partial charge is 0.414 e. The average Bonchev–Trinajstić information content (AvgIpc) is 2.83. The van der Waals surface area contributed by atoms with Crippen molar-refractivity contribution in [3.05, 3.63) is 89.7 Å². The Morgan fingerprint density at radius 2 is 1.75 bits per heavy atom. The Morgan fingerprint density at radius 1 is 1.06 bits per heavy atom. The molecule has 0 atom stereocenters. The molecule has 3 aromatic rings.